The second-order valence-corrected chi connectivity index (χ2v) is 5.86. The van der Waals surface area contributed by atoms with E-state index >= 15 is 0 Å². The average Bonchev–Trinajstić information content (AvgIpc) is 3.21. The van der Waals surface area contributed by atoms with Gasteiger partial charge in [0.05, 0.1) is 16.7 Å². The molecule has 10 nitrogen and oxygen atoms in total. The number of carbonyl (C=O) groups is 2. The summed E-state index contributed by atoms with van der Waals surface area (Å²) in [7, 11) is 0. The Morgan fingerprint density at radius 3 is 2.93 bits per heavy atom. The third-order valence-electron chi connectivity index (χ3n) is 3.93. The summed E-state index contributed by atoms with van der Waals surface area (Å²) in [5.41, 5.74) is 3.29. The molecule has 0 atom stereocenters. The quantitative estimate of drug-likeness (QED) is 0.428. The van der Waals surface area contributed by atoms with Crippen LogP contribution < -0.4 is 16.4 Å². The number of hydrogen-bond acceptors (Lipinski definition) is 6. The van der Waals surface area contributed by atoms with Gasteiger partial charge in [-0.2, -0.15) is 0 Å². The first-order valence-corrected chi connectivity index (χ1v) is 8.01. The van der Waals surface area contributed by atoms with Gasteiger partial charge < -0.3 is 20.0 Å². The number of carbonyl (C=O) groups excluding carboxylic acids is 2. The van der Waals surface area contributed by atoms with Gasteiger partial charge in [-0.05, 0) is 17.7 Å². The highest BCUT2D eigenvalue weighted by atomic mass is 16.4. The molecule has 0 spiro atoms. The standard InChI is InChI=1S/C17H14N6O4/c1-8(24)22-11-6-18-14-13(11)20-7-21-15(14)16(25)19-5-9-2-3-12-10(4-9)23-17(26)27-12/h2-4,6-7,18H,5H2,1H3,(H,19,25)(H,22,24)(H,23,26). The summed E-state index contributed by atoms with van der Waals surface area (Å²) in [4.78, 5) is 48.6. The molecule has 0 saturated heterocycles. The van der Waals surface area contributed by atoms with Crippen LogP contribution in [-0.2, 0) is 11.3 Å². The molecule has 2 amide bonds. The number of benzene rings is 1. The molecule has 1 aromatic carbocycles. The molecule has 0 aliphatic carbocycles. The van der Waals surface area contributed by atoms with E-state index in [0.29, 0.717) is 27.8 Å². The second kappa shape index (κ2) is 6.41. The molecule has 4 aromatic rings. The van der Waals surface area contributed by atoms with E-state index in [-0.39, 0.29) is 18.1 Å². The van der Waals surface area contributed by atoms with Gasteiger partial charge in [0.25, 0.3) is 5.91 Å². The SMILES string of the molecule is CC(=O)Nc1c[nH]c2c(C(=O)NCc3ccc4oc(=O)[nH]c4c3)ncnc12. The van der Waals surface area contributed by atoms with Gasteiger partial charge in [-0.25, -0.2) is 14.8 Å². The number of aromatic amines is 2. The highest BCUT2D eigenvalue weighted by Gasteiger charge is 2.16. The summed E-state index contributed by atoms with van der Waals surface area (Å²) in [6.07, 6.45) is 2.82. The van der Waals surface area contributed by atoms with Crippen LogP contribution in [0, 0.1) is 0 Å². The van der Waals surface area contributed by atoms with E-state index in [1.807, 2.05) is 0 Å². The van der Waals surface area contributed by atoms with E-state index in [4.69, 9.17) is 4.42 Å². The monoisotopic (exact) mass is 366 g/mol. The first-order valence-electron chi connectivity index (χ1n) is 8.01. The molecule has 27 heavy (non-hydrogen) atoms. The summed E-state index contributed by atoms with van der Waals surface area (Å²) < 4.78 is 4.95. The van der Waals surface area contributed by atoms with Crippen molar-refractivity contribution in [2.45, 2.75) is 13.5 Å². The molecule has 0 aliphatic heterocycles. The number of aromatic nitrogens is 4. The Morgan fingerprint density at radius 2 is 2.11 bits per heavy atom. The Kier molecular flexibility index (Phi) is 3.92. The molecule has 3 aromatic heterocycles. The Labute approximate surface area is 151 Å². The van der Waals surface area contributed by atoms with E-state index < -0.39 is 11.7 Å². The van der Waals surface area contributed by atoms with Crippen LogP contribution in [0.3, 0.4) is 0 Å². The van der Waals surface area contributed by atoms with Crippen molar-refractivity contribution in [3.05, 3.63) is 52.5 Å². The van der Waals surface area contributed by atoms with Gasteiger partial charge >= 0.3 is 5.76 Å². The molecular weight excluding hydrogens is 352 g/mol. The maximum atomic E-state index is 12.5. The van der Waals surface area contributed by atoms with Crippen LogP contribution in [-0.4, -0.2) is 31.8 Å². The summed E-state index contributed by atoms with van der Waals surface area (Å²) in [5, 5.41) is 5.41. The van der Waals surface area contributed by atoms with Crippen molar-refractivity contribution >= 4 is 39.6 Å². The van der Waals surface area contributed by atoms with Crippen LogP contribution in [0.2, 0.25) is 0 Å². The summed E-state index contributed by atoms with van der Waals surface area (Å²) >= 11 is 0. The van der Waals surface area contributed by atoms with Crippen molar-refractivity contribution in [1.29, 1.82) is 0 Å². The van der Waals surface area contributed by atoms with Crippen molar-refractivity contribution in [1.82, 2.24) is 25.3 Å². The van der Waals surface area contributed by atoms with E-state index in [2.05, 4.69) is 30.6 Å². The lowest BCUT2D eigenvalue weighted by Gasteiger charge is -2.06. The molecule has 0 aliphatic rings. The second-order valence-electron chi connectivity index (χ2n) is 5.86. The Balaban J connectivity index is 1.56. The number of hydrogen-bond donors (Lipinski definition) is 4. The van der Waals surface area contributed by atoms with Gasteiger partial charge in [-0.1, -0.05) is 6.07 Å². The van der Waals surface area contributed by atoms with Crippen molar-refractivity contribution in [3.8, 4) is 0 Å². The maximum absolute atomic E-state index is 12.5. The van der Waals surface area contributed by atoms with E-state index in [9.17, 15) is 14.4 Å². The van der Waals surface area contributed by atoms with Crippen LogP contribution >= 0.6 is 0 Å². The Morgan fingerprint density at radius 1 is 1.26 bits per heavy atom. The summed E-state index contributed by atoms with van der Waals surface area (Å²) in [6, 6.07) is 5.13. The lowest BCUT2D eigenvalue weighted by Crippen LogP contribution is -2.24. The number of fused-ring (bicyclic) bond motifs is 2. The lowest BCUT2D eigenvalue weighted by atomic mass is 10.2. The van der Waals surface area contributed by atoms with Gasteiger partial charge in [-0.15, -0.1) is 0 Å². The van der Waals surface area contributed by atoms with Gasteiger partial charge in [0.15, 0.2) is 11.3 Å². The topological polar surface area (TPSA) is 146 Å². The number of nitrogens with zero attached hydrogens (tertiary/aromatic N) is 2. The predicted molar refractivity (Wildman–Crippen MR) is 96.2 cm³/mol. The summed E-state index contributed by atoms with van der Waals surface area (Å²) in [6.45, 7) is 1.62. The Bertz CT molecular complexity index is 1240. The maximum Gasteiger partial charge on any atom is 0.417 e. The minimum absolute atomic E-state index is 0.161. The van der Waals surface area contributed by atoms with E-state index in [1.165, 1.54) is 13.3 Å². The molecule has 0 bridgehead atoms. The molecule has 3 heterocycles. The molecule has 10 heteroatoms. The summed E-state index contributed by atoms with van der Waals surface area (Å²) in [5.74, 6) is -1.18. The Hall–Kier alpha value is -3.95. The normalized spacial score (nSPS) is 11.0. The number of H-pyrrole nitrogens is 2. The molecule has 0 saturated carbocycles. The fourth-order valence-electron chi connectivity index (χ4n) is 2.77. The third-order valence-corrected chi connectivity index (χ3v) is 3.93. The van der Waals surface area contributed by atoms with Gasteiger partial charge in [0, 0.05) is 19.7 Å². The zero-order chi connectivity index (χ0) is 19.0. The number of amides is 2. The van der Waals surface area contributed by atoms with E-state index in [0.717, 1.165) is 5.56 Å². The van der Waals surface area contributed by atoms with Crippen LogP contribution in [0.1, 0.15) is 23.0 Å². The molecule has 0 fully saturated rings. The largest absolute Gasteiger partial charge is 0.417 e. The fourth-order valence-corrected chi connectivity index (χ4v) is 2.77. The van der Waals surface area contributed by atoms with Crippen LogP contribution in [0.5, 0.6) is 0 Å². The molecule has 4 N–H and O–H groups in total. The molecule has 4 rings (SSSR count). The molecule has 0 radical (unpaired) electrons. The zero-order valence-corrected chi connectivity index (χ0v) is 14.1. The fraction of sp³-hybridized carbons (Fsp3) is 0.118. The van der Waals surface area contributed by atoms with Crippen LogP contribution in [0.15, 0.2) is 39.9 Å². The highest BCUT2D eigenvalue weighted by Crippen LogP contribution is 2.22. The van der Waals surface area contributed by atoms with Gasteiger partial charge in [0.1, 0.15) is 11.8 Å². The minimum atomic E-state index is -0.531. The molecule has 136 valence electrons. The predicted octanol–water partition coefficient (Wildman–Crippen LogP) is 1.28. The minimum Gasteiger partial charge on any atom is -0.408 e. The average molecular weight is 366 g/mol. The van der Waals surface area contributed by atoms with Gasteiger partial charge in [-0.3, -0.25) is 14.6 Å². The lowest BCUT2D eigenvalue weighted by molar-refractivity contribution is -0.114. The number of nitrogens with one attached hydrogen (secondary N) is 4. The first-order chi connectivity index (χ1) is 13.0. The first kappa shape index (κ1) is 16.5. The van der Waals surface area contributed by atoms with Gasteiger partial charge in [0.2, 0.25) is 5.91 Å². The highest BCUT2D eigenvalue weighted by molar-refractivity contribution is 6.07. The smallest absolute Gasteiger partial charge is 0.408 e. The van der Waals surface area contributed by atoms with Crippen molar-refractivity contribution in [2.24, 2.45) is 0 Å². The zero-order valence-electron chi connectivity index (χ0n) is 14.1. The van der Waals surface area contributed by atoms with Crippen LogP contribution in [0.4, 0.5) is 5.69 Å². The number of rotatable bonds is 4. The number of oxazole rings is 1. The van der Waals surface area contributed by atoms with Crippen molar-refractivity contribution in [3.63, 3.8) is 0 Å². The van der Waals surface area contributed by atoms with E-state index in [1.54, 1.807) is 24.4 Å². The molecular formula is C17H14N6O4. The van der Waals surface area contributed by atoms with Crippen molar-refractivity contribution < 1.29 is 14.0 Å². The molecule has 0 unspecified atom stereocenters. The van der Waals surface area contributed by atoms with Crippen LogP contribution in [0.25, 0.3) is 22.1 Å². The third kappa shape index (κ3) is 3.15. The van der Waals surface area contributed by atoms with Crippen molar-refractivity contribution in [2.75, 3.05) is 5.32 Å². The number of anilines is 1.